The first kappa shape index (κ1) is 16.4. The Labute approximate surface area is 137 Å². The molecule has 0 aliphatic carbocycles. The molecule has 0 aromatic heterocycles. The predicted molar refractivity (Wildman–Crippen MR) is 89.8 cm³/mol. The van der Waals surface area contributed by atoms with Gasteiger partial charge in [-0.05, 0) is 29.8 Å². The number of para-hydroxylation sites is 1. The average Bonchev–Trinajstić information content (AvgIpc) is 2.48. The minimum absolute atomic E-state index is 0.227. The molecule has 0 saturated heterocycles. The van der Waals surface area contributed by atoms with E-state index in [0.717, 1.165) is 15.8 Å². The molecule has 0 saturated carbocycles. The Bertz CT molecular complexity index is 635. The van der Waals surface area contributed by atoms with Crippen LogP contribution in [-0.2, 0) is 0 Å². The Morgan fingerprint density at radius 1 is 1.18 bits per heavy atom. The van der Waals surface area contributed by atoms with Crippen LogP contribution in [0.3, 0.4) is 0 Å². The highest BCUT2D eigenvalue weighted by molar-refractivity contribution is 9.10. The topological polar surface area (TPSA) is 84.7 Å². The molecule has 116 valence electrons. The van der Waals surface area contributed by atoms with Crippen molar-refractivity contribution in [2.75, 3.05) is 6.54 Å². The molecule has 0 radical (unpaired) electrons. The summed E-state index contributed by atoms with van der Waals surface area (Å²) in [6.45, 7) is 0.227. The third-order valence-corrected chi connectivity index (χ3v) is 3.66. The van der Waals surface area contributed by atoms with Crippen molar-refractivity contribution < 1.29 is 9.84 Å². The predicted octanol–water partition coefficient (Wildman–Crippen LogP) is 2.88. The lowest BCUT2D eigenvalue weighted by molar-refractivity contribution is 0.135. The van der Waals surface area contributed by atoms with Crippen molar-refractivity contribution in [3.8, 4) is 11.5 Å². The molecule has 6 heteroatoms. The standard InChI is InChI=1S/C16H18BrN3O2/c17-15-10-13(22-12-4-2-1-3-5-12)6-7-14(15)16(21)11-20(19)9-8-18/h1-10,16,21H,11,18-19H2/b9-8-. The first-order valence-corrected chi connectivity index (χ1v) is 7.49. The molecular formula is C16H18BrN3O2. The lowest BCUT2D eigenvalue weighted by Crippen LogP contribution is -2.30. The summed E-state index contributed by atoms with van der Waals surface area (Å²) in [4.78, 5) is 0. The molecule has 0 aliphatic rings. The van der Waals surface area contributed by atoms with Crippen molar-refractivity contribution in [1.29, 1.82) is 0 Å². The Kier molecular flexibility index (Phi) is 5.83. The third kappa shape index (κ3) is 4.49. The zero-order valence-electron chi connectivity index (χ0n) is 11.9. The second-order valence-electron chi connectivity index (χ2n) is 4.65. The minimum Gasteiger partial charge on any atom is -0.457 e. The van der Waals surface area contributed by atoms with Gasteiger partial charge in [0.05, 0.1) is 12.6 Å². The smallest absolute Gasteiger partial charge is 0.128 e. The van der Waals surface area contributed by atoms with Crippen molar-refractivity contribution in [2.24, 2.45) is 11.6 Å². The normalized spacial score (nSPS) is 12.3. The first-order chi connectivity index (χ1) is 10.6. The summed E-state index contributed by atoms with van der Waals surface area (Å²) < 4.78 is 6.49. The van der Waals surface area contributed by atoms with Crippen LogP contribution in [0.15, 0.2) is 65.4 Å². The van der Waals surface area contributed by atoms with Gasteiger partial charge >= 0.3 is 0 Å². The summed E-state index contributed by atoms with van der Waals surface area (Å²) in [5.41, 5.74) is 5.98. The van der Waals surface area contributed by atoms with Gasteiger partial charge in [-0.2, -0.15) is 0 Å². The van der Waals surface area contributed by atoms with Gasteiger partial charge in [0, 0.05) is 16.9 Å². The molecule has 1 unspecified atom stereocenters. The number of benzene rings is 2. The van der Waals surface area contributed by atoms with Crippen LogP contribution in [0.2, 0.25) is 0 Å². The molecule has 0 amide bonds. The number of aliphatic hydroxyl groups excluding tert-OH is 1. The van der Waals surface area contributed by atoms with Crippen LogP contribution in [0.1, 0.15) is 11.7 Å². The summed E-state index contributed by atoms with van der Waals surface area (Å²) in [6.07, 6.45) is 2.06. The molecule has 0 heterocycles. The van der Waals surface area contributed by atoms with Gasteiger partial charge in [-0.1, -0.05) is 40.2 Å². The van der Waals surface area contributed by atoms with Crippen molar-refractivity contribution in [3.05, 3.63) is 71.0 Å². The highest BCUT2D eigenvalue weighted by Crippen LogP contribution is 2.30. The summed E-state index contributed by atoms with van der Waals surface area (Å²) >= 11 is 3.45. The van der Waals surface area contributed by atoms with Crippen molar-refractivity contribution >= 4 is 15.9 Å². The molecule has 0 spiro atoms. The maximum Gasteiger partial charge on any atom is 0.128 e. The molecule has 5 N–H and O–H groups in total. The van der Waals surface area contributed by atoms with Crippen LogP contribution in [0.25, 0.3) is 0 Å². The Morgan fingerprint density at radius 2 is 1.91 bits per heavy atom. The monoisotopic (exact) mass is 363 g/mol. The zero-order valence-corrected chi connectivity index (χ0v) is 13.5. The number of rotatable bonds is 6. The Hall–Kier alpha value is -2.02. The summed E-state index contributed by atoms with van der Waals surface area (Å²) in [7, 11) is 0. The third-order valence-electron chi connectivity index (χ3n) is 2.97. The molecule has 0 fully saturated rings. The fourth-order valence-electron chi connectivity index (χ4n) is 1.94. The number of hydrogen-bond donors (Lipinski definition) is 3. The largest absolute Gasteiger partial charge is 0.457 e. The molecule has 0 bridgehead atoms. The van der Waals surface area contributed by atoms with Gasteiger partial charge in [0.15, 0.2) is 0 Å². The number of ether oxygens (including phenoxy) is 1. The SMILES string of the molecule is N/C=C\N(N)CC(O)c1ccc(Oc2ccccc2)cc1Br. The molecular weight excluding hydrogens is 346 g/mol. The lowest BCUT2D eigenvalue weighted by Gasteiger charge is -2.19. The molecule has 22 heavy (non-hydrogen) atoms. The van der Waals surface area contributed by atoms with Crippen LogP contribution in [0.5, 0.6) is 11.5 Å². The second-order valence-corrected chi connectivity index (χ2v) is 5.51. The van der Waals surface area contributed by atoms with E-state index in [-0.39, 0.29) is 6.54 Å². The van der Waals surface area contributed by atoms with Gasteiger partial charge in [0.2, 0.25) is 0 Å². The number of hydrogen-bond acceptors (Lipinski definition) is 5. The summed E-state index contributed by atoms with van der Waals surface area (Å²) in [5, 5.41) is 11.5. The fraction of sp³-hybridized carbons (Fsp3) is 0.125. The van der Waals surface area contributed by atoms with Crippen LogP contribution in [0.4, 0.5) is 0 Å². The quantitative estimate of drug-likeness (QED) is 0.542. The molecule has 2 aromatic carbocycles. The molecule has 2 rings (SSSR count). The number of nitrogens with zero attached hydrogens (tertiary/aromatic N) is 1. The van der Waals surface area contributed by atoms with Gasteiger partial charge in [0.25, 0.3) is 0 Å². The van der Waals surface area contributed by atoms with E-state index >= 15 is 0 Å². The highest BCUT2D eigenvalue weighted by atomic mass is 79.9. The lowest BCUT2D eigenvalue weighted by atomic mass is 10.1. The van der Waals surface area contributed by atoms with Gasteiger partial charge in [0.1, 0.15) is 11.5 Å². The van der Waals surface area contributed by atoms with Gasteiger partial charge in [-0.3, -0.25) is 0 Å². The van der Waals surface area contributed by atoms with E-state index in [0.29, 0.717) is 5.75 Å². The zero-order chi connectivity index (χ0) is 15.9. The number of nitrogens with two attached hydrogens (primary N) is 2. The summed E-state index contributed by atoms with van der Waals surface area (Å²) in [6, 6.07) is 14.9. The van der Waals surface area contributed by atoms with Crippen LogP contribution >= 0.6 is 15.9 Å². The van der Waals surface area contributed by atoms with Crippen LogP contribution in [0, 0.1) is 0 Å². The number of halogens is 1. The van der Waals surface area contributed by atoms with E-state index in [1.807, 2.05) is 36.4 Å². The molecule has 0 aliphatic heterocycles. The van der Waals surface area contributed by atoms with Gasteiger partial charge in [-0.25, -0.2) is 5.84 Å². The minimum atomic E-state index is -0.749. The fourth-order valence-corrected chi connectivity index (χ4v) is 2.56. The molecule has 1 atom stereocenters. The van der Waals surface area contributed by atoms with E-state index in [2.05, 4.69) is 15.9 Å². The van der Waals surface area contributed by atoms with Crippen LogP contribution in [-0.4, -0.2) is 16.7 Å². The highest BCUT2D eigenvalue weighted by Gasteiger charge is 2.14. The van der Waals surface area contributed by atoms with Crippen molar-refractivity contribution in [1.82, 2.24) is 5.01 Å². The average molecular weight is 364 g/mol. The van der Waals surface area contributed by atoms with E-state index in [1.54, 1.807) is 12.1 Å². The van der Waals surface area contributed by atoms with Crippen molar-refractivity contribution in [3.63, 3.8) is 0 Å². The number of aliphatic hydroxyl groups is 1. The molecule has 2 aromatic rings. The first-order valence-electron chi connectivity index (χ1n) is 6.70. The Balaban J connectivity index is 2.09. The Morgan fingerprint density at radius 3 is 2.55 bits per heavy atom. The van der Waals surface area contributed by atoms with Gasteiger partial charge in [-0.15, -0.1) is 0 Å². The maximum absolute atomic E-state index is 10.2. The van der Waals surface area contributed by atoms with E-state index in [1.165, 1.54) is 17.4 Å². The van der Waals surface area contributed by atoms with Crippen LogP contribution < -0.4 is 16.3 Å². The van der Waals surface area contributed by atoms with E-state index < -0.39 is 6.10 Å². The van der Waals surface area contributed by atoms with E-state index in [9.17, 15) is 5.11 Å². The van der Waals surface area contributed by atoms with Gasteiger partial charge < -0.3 is 20.6 Å². The maximum atomic E-state index is 10.2. The molecule has 5 nitrogen and oxygen atoms in total. The van der Waals surface area contributed by atoms with E-state index in [4.69, 9.17) is 16.3 Å². The summed E-state index contributed by atoms with van der Waals surface area (Å²) in [5.74, 6) is 7.11. The second kappa shape index (κ2) is 7.84. The number of hydrazine groups is 1. The van der Waals surface area contributed by atoms with Crippen molar-refractivity contribution in [2.45, 2.75) is 6.10 Å².